The molecule has 0 unspecified atom stereocenters. The average molecular weight is 205 g/mol. The summed E-state index contributed by atoms with van der Waals surface area (Å²) in [7, 11) is 0. The number of nitrogens with zero attached hydrogens (tertiary/aromatic N) is 2. The molecule has 0 saturated carbocycles. The van der Waals surface area contributed by atoms with Crippen molar-refractivity contribution in [2.24, 2.45) is 5.73 Å². The molecule has 0 amide bonds. The second-order valence-electron chi connectivity index (χ2n) is 3.41. The SMILES string of the molecule is Cc1[c]c(C)c(-c2nnc(CCN)o2)[nH]1. The second-order valence-corrected chi connectivity index (χ2v) is 3.41. The molecule has 0 aromatic carbocycles. The van der Waals surface area contributed by atoms with E-state index < -0.39 is 0 Å². The molecule has 2 aromatic heterocycles. The van der Waals surface area contributed by atoms with Crippen molar-refractivity contribution in [1.82, 2.24) is 15.2 Å². The van der Waals surface area contributed by atoms with Gasteiger partial charge in [0.2, 0.25) is 5.89 Å². The van der Waals surface area contributed by atoms with Crippen LogP contribution in [0.15, 0.2) is 4.42 Å². The van der Waals surface area contributed by atoms with E-state index in [0.29, 0.717) is 24.7 Å². The first kappa shape index (κ1) is 9.92. The summed E-state index contributed by atoms with van der Waals surface area (Å²) in [6.45, 7) is 4.40. The van der Waals surface area contributed by atoms with Crippen LogP contribution in [0, 0.1) is 19.9 Å². The fourth-order valence-electron chi connectivity index (χ4n) is 1.45. The molecule has 0 spiro atoms. The first-order valence-corrected chi connectivity index (χ1v) is 4.82. The number of aromatic nitrogens is 3. The molecule has 79 valence electrons. The second kappa shape index (κ2) is 3.86. The van der Waals surface area contributed by atoms with Gasteiger partial charge in [-0.2, -0.15) is 0 Å². The van der Waals surface area contributed by atoms with Gasteiger partial charge in [-0.15, -0.1) is 10.2 Å². The number of rotatable bonds is 3. The van der Waals surface area contributed by atoms with E-state index in [4.69, 9.17) is 10.2 Å². The summed E-state index contributed by atoms with van der Waals surface area (Å²) in [4.78, 5) is 3.13. The largest absolute Gasteiger partial charge is 0.419 e. The minimum Gasteiger partial charge on any atom is -0.419 e. The molecular weight excluding hydrogens is 192 g/mol. The molecule has 5 heteroatoms. The van der Waals surface area contributed by atoms with E-state index in [1.54, 1.807) is 0 Å². The minimum absolute atomic E-state index is 0.500. The number of hydrogen-bond donors (Lipinski definition) is 2. The van der Waals surface area contributed by atoms with E-state index in [-0.39, 0.29) is 0 Å². The van der Waals surface area contributed by atoms with Gasteiger partial charge in [-0.25, -0.2) is 0 Å². The summed E-state index contributed by atoms with van der Waals surface area (Å²) >= 11 is 0. The number of aromatic amines is 1. The van der Waals surface area contributed by atoms with Crippen molar-refractivity contribution in [1.29, 1.82) is 0 Å². The van der Waals surface area contributed by atoms with Crippen LogP contribution in [0.3, 0.4) is 0 Å². The molecule has 0 aliphatic carbocycles. The van der Waals surface area contributed by atoms with Gasteiger partial charge in [-0.05, 0) is 19.4 Å². The Kier molecular flexibility index (Phi) is 2.55. The first-order chi connectivity index (χ1) is 7.20. The van der Waals surface area contributed by atoms with Gasteiger partial charge in [0.05, 0.1) is 0 Å². The molecule has 2 heterocycles. The number of H-pyrrole nitrogens is 1. The van der Waals surface area contributed by atoms with Gasteiger partial charge >= 0.3 is 0 Å². The molecule has 0 fully saturated rings. The van der Waals surface area contributed by atoms with E-state index in [9.17, 15) is 0 Å². The molecule has 5 nitrogen and oxygen atoms in total. The Morgan fingerprint density at radius 2 is 2.20 bits per heavy atom. The predicted octanol–water partition coefficient (Wildman–Crippen LogP) is 0.983. The third-order valence-electron chi connectivity index (χ3n) is 2.10. The summed E-state index contributed by atoms with van der Waals surface area (Å²) < 4.78 is 5.45. The van der Waals surface area contributed by atoms with Gasteiger partial charge in [-0.1, -0.05) is 0 Å². The fraction of sp³-hybridized carbons (Fsp3) is 0.400. The van der Waals surface area contributed by atoms with Gasteiger partial charge in [0, 0.05) is 24.7 Å². The molecule has 3 N–H and O–H groups in total. The lowest BCUT2D eigenvalue weighted by Gasteiger charge is -1.91. The maximum Gasteiger partial charge on any atom is 0.264 e. The Hall–Kier alpha value is -1.62. The van der Waals surface area contributed by atoms with Crippen molar-refractivity contribution in [2.75, 3.05) is 6.54 Å². The van der Waals surface area contributed by atoms with Crippen LogP contribution >= 0.6 is 0 Å². The van der Waals surface area contributed by atoms with Crippen molar-refractivity contribution in [3.8, 4) is 11.6 Å². The number of hydrogen-bond acceptors (Lipinski definition) is 4. The van der Waals surface area contributed by atoms with Crippen molar-refractivity contribution in [2.45, 2.75) is 20.3 Å². The molecule has 0 atom stereocenters. The highest BCUT2D eigenvalue weighted by Crippen LogP contribution is 2.21. The Morgan fingerprint density at radius 3 is 2.80 bits per heavy atom. The smallest absolute Gasteiger partial charge is 0.264 e. The monoisotopic (exact) mass is 205 g/mol. The quantitative estimate of drug-likeness (QED) is 0.782. The lowest BCUT2D eigenvalue weighted by molar-refractivity contribution is 0.505. The van der Waals surface area contributed by atoms with Crippen LogP contribution in [-0.2, 0) is 6.42 Å². The zero-order valence-corrected chi connectivity index (χ0v) is 8.79. The van der Waals surface area contributed by atoms with Crippen LogP contribution in [0.4, 0.5) is 0 Å². The third-order valence-corrected chi connectivity index (χ3v) is 2.10. The van der Waals surface area contributed by atoms with Crippen LogP contribution in [-0.4, -0.2) is 21.7 Å². The van der Waals surface area contributed by atoms with Crippen molar-refractivity contribution in [3.05, 3.63) is 23.2 Å². The highest BCUT2D eigenvalue weighted by Gasteiger charge is 2.12. The van der Waals surface area contributed by atoms with Crippen LogP contribution in [0.25, 0.3) is 11.6 Å². The Morgan fingerprint density at radius 1 is 1.40 bits per heavy atom. The maximum absolute atomic E-state index is 5.45. The van der Waals surface area contributed by atoms with Gasteiger partial charge in [0.15, 0.2) is 0 Å². The van der Waals surface area contributed by atoms with Crippen LogP contribution < -0.4 is 5.73 Å². The van der Waals surface area contributed by atoms with Crippen molar-refractivity contribution < 1.29 is 4.42 Å². The minimum atomic E-state index is 0.500. The molecule has 0 aliphatic heterocycles. The molecule has 1 radical (unpaired) electrons. The van der Waals surface area contributed by atoms with Crippen LogP contribution in [0.5, 0.6) is 0 Å². The molecule has 0 bridgehead atoms. The van der Waals surface area contributed by atoms with Gasteiger partial charge < -0.3 is 15.1 Å². The van der Waals surface area contributed by atoms with Crippen molar-refractivity contribution >= 4 is 0 Å². The topological polar surface area (TPSA) is 80.7 Å². The highest BCUT2D eigenvalue weighted by molar-refractivity contribution is 5.53. The molecule has 0 aliphatic rings. The zero-order valence-electron chi connectivity index (χ0n) is 8.79. The molecule has 2 aromatic rings. The average Bonchev–Trinajstić information content (AvgIpc) is 2.73. The van der Waals surface area contributed by atoms with Gasteiger partial charge in [0.1, 0.15) is 5.69 Å². The van der Waals surface area contributed by atoms with Gasteiger partial charge in [-0.3, -0.25) is 0 Å². The molecule has 2 rings (SSSR count). The molecule has 15 heavy (non-hydrogen) atoms. The van der Waals surface area contributed by atoms with E-state index in [1.165, 1.54) is 0 Å². The summed E-state index contributed by atoms with van der Waals surface area (Å²) in [6.07, 6.45) is 0.607. The van der Waals surface area contributed by atoms with Gasteiger partial charge in [0.25, 0.3) is 5.89 Å². The Balaban J connectivity index is 2.32. The lowest BCUT2D eigenvalue weighted by atomic mass is 10.2. The Labute approximate surface area is 87.7 Å². The summed E-state index contributed by atoms with van der Waals surface area (Å²) in [5.41, 5.74) is 8.18. The van der Waals surface area contributed by atoms with Crippen molar-refractivity contribution in [3.63, 3.8) is 0 Å². The number of nitrogens with two attached hydrogens (primary N) is 1. The maximum atomic E-state index is 5.45. The van der Waals surface area contributed by atoms with E-state index in [0.717, 1.165) is 17.0 Å². The Bertz CT molecular complexity index is 458. The standard InChI is InChI=1S/C10H13N4O/c1-6-5-7(2)12-9(6)10-14-13-8(15-10)3-4-11/h12H,3-4,11H2,1-2H3. The highest BCUT2D eigenvalue weighted by atomic mass is 16.4. The molecular formula is C10H13N4O. The number of aryl methyl sites for hydroxylation is 2. The fourth-order valence-corrected chi connectivity index (χ4v) is 1.45. The van der Waals surface area contributed by atoms with Crippen LogP contribution in [0.1, 0.15) is 17.1 Å². The summed E-state index contributed by atoms with van der Waals surface area (Å²) in [5, 5.41) is 7.86. The van der Waals surface area contributed by atoms with E-state index in [2.05, 4.69) is 21.2 Å². The first-order valence-electron chi connectivity index (χ1n) is 4.82. The third kappa shape index (κ3) is 1.92. The normalized spacial score (nSPS) is 10.9. The van der Waals surface area contributed by atoms with E-state index in [1.807, 2.05) is 13.8 Å². The van der Waals surface area contributed by atoms with E-state index >= 15 is 0 Å². The summed E-state index contributed by atoms with van der Waals surface area (Å²) in [6, 6.07) is 3.14. The zero-order chi connectivity index (χ0) is 10.8. The summed E-state index contributed by atoms with van der Waals surface area (Å²) in [5.74, 6) is 1.07. The lowest BCUT2D eigenvalue weighted by Crippen LogP contribution is -2.02. The van der Waals surface area contributed by atoms with Crippen LogP contribution in [0.2, 0.25) is 0 Å². The number of nitrogens with one attached hydrogen (secondary N) is 1. The molecule has 0 saturated heterocycles. The predicted molar refractivity (Wildman–Crippen MR) is 55.2 cm³/mol.